The Morgan fingerprint density at radius 1 is 0.900 bits per heavy atom. The van der Waals surface area contributed by atoms with Crippen LogP contribution in [0.5, 0.6) is 0 Å². The number of imide groups is 1. The highest BCUT2D eigenvalue weighted by Crippen LogP contribution is 2.39. The molecule has 0 saturated carbocycles. The molecule has 1 N–H and O–H groups in total. The topological polar surface area (TPSA) is 110 Å². The lowest BCUT2D eigenvalue weighted by molar-refractivity contribution is -0.122. The van der Waals surface area contributed by atoms with Crippen molar-refractivity contribution in [2.75, 3.05) is 16.8 Å². The molecule has 0 spiro atoms. The number of nitrogens with zero attached hydrogens (tertiary/aromatic N) is 1. The predicted molar refractivity (Wildman–Crippen MR) is 152 cm³/mol. The van der Waals surface area contributed by atoms with Gasteiger partial charge in [-0.3, -0.25) is 24.1 Å². The lowest BCUT2D eigenvalue weighted by Crippen LogP contribution is -2.30. The first-order valence-corrected chi connectivity index (χ1v) is 13.5. The van der Waals surface area contributed by atoms with E-state index in [4.69, 9.17) is 4.74 Å². The molecule has 3 aromatic rings. The van der Waals surface area contributed by atoms with E-state index in [2.05, 4.69) is 21.2 Å². The molecule has 2 aliphatic rings. The molecule has 8 nitrogen and oxygen atoms in total. The van der Waals surface area contributed by atoms with Gasteiger partial charge in [0.15, 0.2) is 12.4 Å². The molecule has 1 fully saturated rings. The summed E-state index contributed by atoms with van der Waals surface area (Å²) in [4.78, 5) is 64.8. The van der Waals surface area contributed by atoms with Crippen LogP contribution in [-0.4, -0.2) is 36.1 Å². The third-order valence-electron chi connectivity index (χ3n) is 7.07. The zero-order valence-electron chi connectivity index (χ0n) is 21.6. The largest absolute Gasteiger partial charge is 0.454 e. The smallest absolute Gasteiger partial charge is 0.338 e. The minimum atomic E-state index is -0.697. The lowest BCUT2D eigenvalue weighted by atomic mass is 9.82. The highest BCUT2D eigenvalue weighted by molar-refractivity contribution is 9.10. The predicted octanol–water partition coefficient (Wildman–Crippen LogP) is 5.59. The van der Waals surface area contributed by atoms with Crippen LogP contribution < -0.4 is 10.2 Å². The maximum absolute atomic E-state index is 13.0. The molecule has 2 atom stereocenters. The molecule has 40 heavy (non-hydrogen) atoms. The van der Waals surface area contributed by atoms with Crippen molar-refractivity contribution in [3.05, 3.63) is 106 Å². The number of nitrogens with one attached hydrogen (secondary N) is 1. The van der Waals surface area contributed by atoms with Gasteiger partial charge in [0.1, 0.15) is 0 Å². The first-order valence-electron chi connectivity index (χ1n) is 12.7. The van der Waals surface area contributed by atoms with Crippen molar-refractivity contribution in [2.45, 2.75) is 19.8 Å². The number of halogens is 1. The standard InChI is InChI=1S/C31H25BrN2O6/c1-18-5-14-25-26(15-18)30(38)34(29(25)37)24-12-8-20(9-13-24)28(36)33-23-4-2-3-21(16-23)31(39)40-17-27(35)19-6-10-22(32)11-7-19/h2-13,16,25-26H,14-15,17H2,1H3,(H,33,36)/t25-,26-/m0/s1. The third-order valence-corrected chi connectivity index (χ3v) is 7.60. The number of ketones is 1. The van der Waals surface area contributed by atoms with Crippen molar-refractivity contribution in [1.29, 1.82) is 0 Å². The second kappa shape index (κ2) is 11.4. The van der Waals surface area contributed by atoms with Crippen molar-refractivity contribution in [3.63, 3.8) is 0 Å². The van der Waals surface area contributed by atoms with Gasteiger partial charge in [-0.15, -0.1) is 0 Å². The van der Waals surface area contributed by atoms with E-state index in [1.807, 2.05) is 13.0 Å². The van der Waals surface area contributed by atoms with E-state index in [1.165, 1.54) is 17.0 Å². The Balaban J connectivity index is 1.20. The summed E-state index contributed by atoms with van der Waals surface area (Å²) in [6.07, 6.45) is 3.16. The van der Waals surface area contributed by atoms with Crippen LogP contribution in [0.4, 0.5) is 11.4 Å². The highest BCUT2D eigenvalue weighted by Gasteiger charge is 2.48. The van der Waals surface area contributed by atoms with E-state index < -0.39 is 18.5 Å². The van der Waals surface area contributed by atoms with Crippen LogP contribution in [0, 0.1) is 11.8 Å². The summed E-state index contributed by atoms with van der Waals surface area (Å²) in [7, 11) is 0. The number of amides is 3. The Labute approximate surface area is 239 Å². The second-order valence-corrected chi connectivity index (χ2v) is 10.7. The van der Waals surface area contributed by atoms with Crippen molar-refractivity contribution in [1.82, 2.24) is 0 Å². The Bertz CT molecular complexity index is 1540. The number of anilines is 2. The van der Waals surface area contributed by atoms with Gasteiger partial charge in [-0.05, 0) is 74.4 Å². The highest BCUT2D eigenvalue weighted by atomic mass is 79.9. The van der Waals surface area contributed by atoms with Crippen LogP contribution in [0.2, 0.25) is 0 Å². The lowest BCUT2D eigenvalue weighted by Gasteiger charge is -2.18. The number of benzene rings is 3. The summed E-state index contributed by atoms with van der Waals surface area (Å²) >= 11 is 3.30. The van der Waals surface area contributed by atoms with Gasteiger partial charge in [-0.25, -0.2) is 4.79 Å². The second-order valence-electron chi connectivity index (χ2n) is 9.80. The summed E-state index contributed by atoms with van der Waals surface area (Å²) in [5.74, 6) is -2.56. The molecule has 5 rings (SSSR count). The SMILES string of the molecule is CC1=CC[C@@H]2C(=O)N(c3ccc(C(=O)Nc4cccc(C(=O)OCC(=O)c5ccc(Br)cc5)c4)cc3)C(=O)[C@H]2C1. The molecule has 1 aliphatic heterocycles. The summed E-state index contributed by atoms with van der Waals surface area (Å²) in [5.41, 5.74) is 2.82. The number of allylic oxidation sites excluding steroid dienone is 2. The monoisotopic (exact) mass is 600 g/mol. The molecule has 1 heterocycles. The number of Topliss-reactive ketones (excluding diaryl/α,β-unsaturated/α-hetero) is 1. The number of carbonyl (C=O) groups is 5. The van der Waals surface area contributed by atoms with Gasteiger partial charge in [0.25, 0.3) is 5.91 Å². The normalized spacial score (nSPS) is 18.1. The molecule has 1 aliphatic carbocycles. The molecule has 202 valence electrons. The number of rotatable bonds is 7. The number of esters is 1. The summed E-state index contributed by atoms with van der Waals surface area (Å²) in [5, 5.41) is 2.73. The number of hydrogen-bond acceptors (Lipinski definition) is 6. The van der Waals surface area contributed by atoms with E-state index in [1.54, 1.807) is 60.7 Å². The number of carbonyl (C=O) groups excluding carboxylic acids is 5. The van der Waals surface area contributed by atoms with Gasteiger partial charge in [-0.1, -0.05) is 45.8 Å². The van der Waals surface area contributed by atoms with E-state index >= 15 is 0 Å². The van der Waals surface area contributed by atoms with Crippen LogP contribution in [0.3, 0.4) is 0 Å². The fraction of sp³-hybridized carbons (Fsp3) is 0.194. The molecule has 9 heteroatoms. The van der Waals surface area contributed by atoms with Gasteiger partial charge in [-0.2, -0.15) is 0 Å². The third kappa shape index (κ3) is 5.65. The van der Waals surface area contributed by atoms with Gasteiger partial charge in [0.05, 0.1) is 23.1 Å². The van der Waals surface area contributed by atoms with E-state index in [0.717, 1.165) is 10.0 Å². The van der Waals surface area contributed by atoms with E-state index in [9.17, 15) is 24.0 Å². The van der Waals surface area contributed by atoms with Crippen molar-refractivity contribution >= 4 is 56.8 Å². The van der Waals surface area contributed by atoms with E-state index in [0.29, 0.717) is 35.3 Å². The average Bonchev–Trinajstić information content (AvgIpc) is 3.20. The molecule has 0 unspecified atom stereocenters. The first kappa shape index (κ1) is 27.2. The number of fused-ring (bicyclic) bond motifs is 1. The maximum atomic E-state index is 13.0. The fourth-order valence-electron chi connectivity index (χ4n) is 4.91. The minimum absolute atomic E-state index is 0.175. The molecular weight excluding hydrogens is 576 g/mol. The van der Waals surface area contributed by atoms with Crippen LogP contribution in [0.1, 0.15) is 50.8 Å². The van der Waals surface area contributed by atoms with Gasteiger partial charge in [0, 0.05) is 21.3 Å². The molecule has 1 saturated heterocycles. The summed E-state index contributed by atoms with van der Waals surface area (Å²) < 4.78 is 5.99. The zero-order chi connectivity index (χ0) is 28.4. The Hall–Kier alpha value is -4.37. The number of ether oxygens (including phenoxy) is 1. The average molecular weight is 601 g/mol. The molecule has 3 aromatic carbocycles. The number of hydrogen-bond donors (Lipinski definition) is 1. The maximum Gasteiger partial charge on any atom is 0.338 e. The van der Waals surface area contributed by atoms with Gasteiger partial charge < -0.3 is 10.1 Å². The van der Waals surface area contributed by atoms with Crippen molar-refractivity contribution < 1.29 is 28.7 Å². The van der Waals surface area contributed by atoms with Gasteiger partial charge in [0.2, 0.25) is 11.8 Å². The Morgan fingerprint density at radius 3 is 2.30 bits per heavy atom. The minimum Gasteiger partial charge on any atom is -0.454 e. The molecule has 0 aromatic heterocycles. The fourth-order valence-corrected chi connectivity index (χ4v) is 5.18. The molecule has 0 bridgehead atoms. The van der Waals surface area contributed by atoms with Crippen molar-refractivity contribution in [2.24, 2.45) is 11.8 Å². The van der Waals surface area contributed by atoms with E-state index in [-0.39, 0.29) is 35.0 Å². The Kier molecular flexibility index (Phi) is 7.75. The zero-order valence-corrected chi connectivity index (χ0v) is 23.1. The van der Waals surface area contributed by atoms with Crippen LogP contribution >= 0.6 is 15.9 Å². The quantitative estimate of drug-likeness (QED) is 0.164. The van der Waals surface area contributed by atoms with Crippen LogP contribution in [0.15, 0.2) is 88.9 Å². The van der Waals surface area contributed by atoms with Gasteiger partial charge >= 0.3 is 5.97 Å². The van der Waals surface area contributed by atoms with Crippen LogP contribution in [-0.2, 0) is 14.3 Å². The Morgan fingerprint density at radius 2 is 1.57 bits per heavy atom. The van der Waals surface area contributed by atoms with Crippen LogP contribution in [0.25, 0.3) is 0 Å². The van der Waals surface area contributed by atoms with Crippen molar-refractivity contribution in [3.8, 4) is 0 Å². The first-order chi connectivity index (χ1) is 19.2. The molecule has 3 amide bonds. The molecule has 0 radical (unpaired) electrons. The summed E-state index contributed by atoms with van der Waals surface area (Å²) in [6.45, 7) is 1.55. The summed E-state index contributed by atoms with van der Waals surface area (Å²) in [6, 6.07) is 19.2. The molecular formula is C31H25BrN2O6.